The van der Waals surface area contributed by atoms with Gasteiger partial charge in [-0.25, -0.2) is 4.98 Å². The van der Waals surface area contributed by atoms with E-state index in [2.05, 4.69) is 31.2 Å². The second kappa shape index (κ2) is 6.59. The normalized spacial score (nSPS) is 11.8. The summed E-state index contributed by atoms with van der Waals surface area (Å²) < 4.78 is 0. The monoisotopic (exact) mass is 401 g/mol. The summed E-state index contributed by atoms with van der Waals surface area (Å²) in [5.41, 5.74) is 0.877. The predicted molar refractivity (Wildman–Crippen MR) is 105 cm³/mol. The number of carbonyl (C=O) groups excluding carboxylic acids is 1. The first-order valence-corrected chi connectivity index (χ1v) is 9.25. The van der Waals surface area contributed by atoms with Crippen LogP contribution >= 0.6 is 15.9 Å². The fraction of sp³-hybridized carbons (Fsp3) is 0.316. The molecule has 0 aliphatic heterocycles. The van der Waals surface area contributed by atoms with Gasteiger partial charge in [-0.1, -0.05) is 61.0 Å². The van der Waals surface area contributed by atoms with Crippen LogP contribution in [0.1, 0.15) is 26.3 Å². The average Bonchev–Trinajstić information content (AvgIpc) is 2.54. The summed E-state index contributed by atoms with van der Waals surface area (Å²) in [5.74, 6) is -0.0195. The Morgan fingerprint density at radius 2 is 1.92 bits per heavy atom. The lowest BCUT2D eigenvalue weighted by molar-refractivity contribution is -0.123. The van der Waals surface area contributed by atoms with Crippen LogP contribution in [0, 0.1) is 5.41 Å². The van der Waals surface area contributed by atoms with Gasteiger partial charge < -0.3 is 0 Å². The van der Waals surface area contributed by atoms with Crippen molar-refractivity contribution in [1.82, 2.24) is 9.97 Å². The number of H-pyrrole nitrogens is 1. The van der Waals surface area contributed by atoms with E-state index in [9.17, 15) is 9.59 Å². The van der Waals surface area contributed by atoms with Crippen molar-refractivity contribution < 1.29 is 4.79 Å². The molecule has 0 fully saturated rings. The first-order valence-electron chi connectivity index (χ1n) is 8.13. The number of hydrogen-bond acceptors (Lipinski definition) is 3. The van der Waals surface area contributed by atoms with Crippen molar-refractivity contribution in [3.63, 3.8) is 0 Å². The number of aromatic nitrogens is 2. The number of anilines is 1. The first-order chi connectivity index (χ1) is 11.8. The van der Waals surface area contributed by atoms with E-state index >= 15 is 0 Å². The highest BCUT2D eigenvalue weighted by Crippen LogP contribution is 2.27. The molecule has 6 heteroatoms. The van der Waals surface area contributed by atoms with E-state index in [0.717, 1.165) is 28.1 Å². The predicted octanol–water partition coefficient (Wildman–Crippen LogP) is 4.00. The number of nitrogens with zero attached hydrogens (tertiary/aromatic N) is 1. The van der Waals surface area contributed by atoms with Gasteiger partial charge in [-0.05, 0) is 28.8 Å². The largest absolute Gasteiger partial charge is 0.296 e. The van der Waals surface area contributed by atoms with Gasteiger partial charge in [-0.2, -0.15) is 0 Å². The van der Waals surface area contributed by atoms with Crippen LogP contribution in [0.2, 0.25) is 0 Å². The molecule has 0 unspecified atom stereocenters. The van der Waals surface area contributed by atoms with Crippen molar-refractivity contribution in [2.24, 2.45) is 5.41 Å². The molecule has 0 bridgehead atoms. The minimum absolute atomic E-state index is 0.178. The number of halogens is 1. The lowest BCUT2D eigenvalue weighted by atomic mass is 9.96. The molecule has 5 nitrogen and oxygen atoms in total. The number of aromatic amines is 1. The molecule has 0 aliphatic rings. The van der Waals surface area contributed by atoms with Crippen molar-refractivity contribution >= 4 is 49.5 Å². The van der Waals surface area contributed by atoms with Crippen molar-refractivity contribution in [2.45, 2.75) is 27.2 Å². The zero-order valence-electron chi connectivity index (χ0n) is 14.4. The maximum atomic E-state index is 12.7. The number of carbonyl (C=O) groups is 1. The van der Waals surface area contributed by atoms with Crippen molar-refractivity contribution in [1.29, 1.82) is 0 Å². The van der Waals surface area contributed by atoms with Gasteiger partial charge >= 0.3 is 0 Å². The molecule has 0 radical (unpaired) electrons. The summed E-state index contributed by atoms with van der Waals surface area (Å²) in [6.07, 6.45) is 0.828. The maximum Gasteiger partial charge on any atom is 0.260 e. The van der Waals surface area contributed by atoms with E-state index in [1.54, 1.807) is 0 Å². The van der Waals surface area contributed by atoms with Gasteiger partial charge in [0.25, 0.3) is 5.56 Å². The zero-order chi connectivity index (χ0) is 18.2. The maximum absolute atomic E-state index is 12.7. The van der Waals surface area contributed by atoms with Gasteiger partial charge in [0.15, 0.2) is 0 Å². The molecule has 25 heavy (non-hydrogen) atoms. The fourth-order valence-corrected chi connectivity index (χ4v) is 3.17. The smallest absolute Gasteiger partial charge is 0.260 e. The third-order valence-corrected chi connectivity index (χ3v) is 4.47. The summed E-state index contributed by atoms with van der Waals surface area (Å²) in [6, 6.07) is 9.75. The molecular weight excluding hydrogens is 382 g/mol. The molecule has 1 amide bonds. The van der Waals surface area contributed by atoms with E-state index in [-0.39, 0.29) is 17.4 Å². The van der Waals surface area contributed by atoms with Crippen LogP contribution in [-0.4, -0.2) is 21.2 Å². The van der Waals surface area contributed by atoms with Gasteiger partial charge in [0.1, 0.15) is 0 Å². The van der Waals surface area contributed by atoms with Crippen LogP contribution in [-0.2, 0) is 11.2 Å². The SMILES string of the molecule is CC(C)(C)C(=O)Nc1nc2cc(CCBr)c3ccccc3c2c(=O)[nH]1. The third kappa shape index (κ3) is 3.44. The topological polar surface area (TPSA) is 74.8 Å². The van der Waals surface area contributed by atoms with Crippen LogP contribution in [0.25, 0.3) is 21.7 Å². The quantitative estimate of drug-likeness (QED) is 0.514. The molecule has 2 aromatic carbocycles. The van der Waals surface area contributed by atoms with Crippen LogP contribution < -0.4 is 10.9 Å². The van der Waals surface area contributed by atoms with Crippen LogP contribution in [0.4, 0.5) is 5.95 Å². The average molecular weight is 402 g/mol. The van der Waals surface area contributed by atoms with Gasteiger partial charge in [0.05, 0.1) is 10.9 Å². The Morgan fingerprint density at radius 1 is 1.24 bits per heavy atom. The Labute approximate surface area is 154 Å². The highest BCUT2D eigenvalue weighted by molar-refractivity contribution is 9.09. The summed E-state index contributed by atoms with van der Waals surface area (Å²) in [5, 5.41) is 5.99. The van der Waals surface area contributed by atoms with E-state index in [1.165, 1.54) is 0 Å². The molecule has 1 aromatic heterocycles. The van der Waals surface area contributed by atoms with Crippen LogP contribution in [0.3, 0.4) is 0 Å². The number of benzene rings is 2. The molecule has 130 valence electrons. The minimum atomic E-state index is -0.571. The molecule has 3 aromatic rings. The highest BCUT2D eigenvalue weighted by atomic mass is 79.9. The van der Waals surface area contributed by atoms with Gasteiger partial charge in [0, 0.05) is 10.7 Å². The Hall–Kier alpha value is -2.21. The van der Waals surface area contributed by atoms with E-state index in [1.807, 2.05) is 51.1 Å². The number of fused-ring (bicyclic) bond motifs is 3. The lowest BCUT2D eigenvalue weighted by Crippen LogP contribution is -2.29. The van der Waals surface area contributed by atoms with E-state index in [0.29, 0.717) is 10.9 Å². The molecule has 1 heterocycles. The highest BCUT2D eigenvalue weighted by Gasteiger charge is 2.22. The molecule has 3 rings (SSSR count). The van der Waals surface area contributed by atoms with Crippen LogP contribution in [0.5, 0.6) is 0 Å². The number of nitrogens with one attached hydrogen (secondary N) is 2. The first kappa shape index (κ1) is 17.6. The molecule has 2 N–H and O–H groups in total. The van der Waals surface area contributed by atoms with Gasteiger partial charge in [-0.15, -0.1) is 0 Å². The number of hydrogen-bond donors (Lipinski definition) is 2. The summed E-state index contributed by atoms with van der Waals surface area (Å²) in [6.45, 7) is 5.43. The molecule has 0 aliphatic carbocycles. The summed E-state index contributed by atoms with van der Waals surface area (Å²) in [4.78, 5) is 32.0. The second-order valence-corrected chi connectivity index (χ2v) is 7.83. The fourth-order valence-electron chi connectivity index (χ4n) is 2.74. The minimum Gasteiger partial charge on any atom is -0.296 e. The molecule has 0 atom stereocenters. The summed E-state index contributed by atoms with van der Waals surface area (Å²) in [7, 11) is 0. The molecule has 0 saturated carbocycles. The van der Waals surface area contributed by atoms with Crippen molar-refractivity contribution in [2.75, 3.05) is 10.6 Å². The molecular formula is C19H20BrN3O2. The molecule has 0 spiro atoms. The second-order valence-electron chi connectivity index (χ2n) is 7.03. The van der Waals surface area contributed by atoms with Crippen molar-refractivity contribution in [3.8, 4) is 0 Å². The number of aryl methyl sites for hydroxylation is 1. The molecule has 0 saturated heterocycles. The Bertz CT molecular complexity index is 1020. The Kier molecular flexibility index (Phi) is 4.64. The van der Waals surface area contributed by atoms with E-state index in [4.69, 9.17) is 0 Å². The third-order valence-electron chi connectivity index (χ3n) is 4.08. The summed E-state index contributed by atoms with van der Waals surface area (Å²) >= 11 is 3.47. The van der Waals surface area contributed by atoms with E-state index < -0.39 is 5.41 Å². The van der Waals surface area contributed by atoms with Crippen LogP contribution in [0.15, 0.2) is 35.1 Å². The van der Waals surface area contributed by atoms with Crippen molar-refractivity contribution in [3.05, 3.63) is 46.2 Å². The number of amides is 1. The van der Waals surface area contributed by atoms with Gasteiger partial charge in [0.2, 0.25) is 11.9 Å². The Balaban J connectivity index is 2.22. The standard InChI is InChI=1S/C19H20BrN3O2/c1-19(2,3)17(25)23-18-21-14-10-11(8-9-20)12-6-4-5-7-13(12)15(14)16(24)22-18/h4-7,10H,8-9H2,1-3H3,(H2,21,22,23,24,25). The van der Waals surface area contributed by atoms with Gasteiger partial charge in [-0.3, -0.25) is 19.9 Å². The lowest BCUT2D eigenvalue weighted by Gasteiger charge is -2.17. The Morgan fingerprint density at radius 3 is 2.56 bits per heavy atom. The number of rotatable bonds is 3. The zero-order valence-corrected chi connectivity index (χ0v) is 16.0. The number of alkyl halides is 1.